The average molecular weight is 242 g/mol. The summed E-state index contributed by atoms with van der Waals surface area (Å²) in [6.07, 6.45) is 0.848. The molecule has 0 aliphatic rings. The highest BCUT2D eigenvalue weighted by Crippen LogP contribution is 2.15. The molecule has 0 aliphatic carbocycles. The van der Waals surface area contributed by atoms with Crippen LogP contribution >= 0.6 is 0 Å². The Labute approximate surface area is 107 Å². The summed E-state index contributed by atoms with van der Waals surface area (Å²) in [6.45, 7) is 6.72. The van der Waals surface area contributed by atoms with Crippen LogP contribution in [0, 0.1) is 6.92 Å². The fourth-order valence-corrected chi connectivity index (χ4v) is 2.03. The molecule has 3 heteroatoms. The fraction of sp³-hybridized carbons (Fsp3) is 0.333. The lowest BCUT2D eigenvalue weighted by Gasteiger charge is -2.06. The van der Waals surface area contributed by atoms with Crippen molar-refractivity contribution in [2.45, 2.75) is 33.7 Å². The van der Waals surface area contributed by atoms with Crippen molar-refractivity contribution in [3.8, 4) is 0 Å². The van der Waals surface area contributed by atoms with Gasteiger partial charge < -0.3 is 0 Å². The van der Waals surface area contributed by atoms with Gasteiger partial charge in [0, 0.05) is 12.1 Å². The zero-order chi connectivity index (χ0) is 13.1. The summed E-state index contributed by atoms with van der Waals surface area (Å²) in [5.74, 6) is 0.0575. The molecule has 18 heavy (non-hydrogen) atoms. The number of aryl methyl sites for hydroxylation is 3. The fourth-order valence-electron chi connectivity index (χ4n) is 2.03. The Hall–Kier alpha value is -1.90. The van der Waals surface area contributed by atoms with Crippen molar-refractivity contribution in [1.82, 2.24) is 9.78 Å². The molecule has 3 nitrogen and oxygen atoms in total. The molecule has 2 rings (SSSR count). The van der Waals surface area contributed by atoms with Crippen LogP contribution in [0.1, 0.15) is 41.2 Å². The van der Waals surface area contributed by atoms with Crippen LogP contribution in [0.15, 0.2) is 30.3 Å². The zero-order valence-electron chi connectivity index (χ0n) is 11.1. The second-order valence-electron chi connectivity index (χ2n) is 4.33. The van der Waals surface area contributed by atoms with E-state index in [4.69, 9.17) is 0 Å². The molecule has 0 radical (unpaired) electrons. The standard InChI is InChI=1S/C15H18N2O/c1-4-12-10-14(17(5-2)16-12)15(18)13-9-7-6-8-11(13)3/h6-10H,4-5H2,1-3H3. The summed E-state index contributed by atoms with van der Waals surface area (Å²) in [6, 6.07) is 9.57. The second-order valence-corrected chi connectivity index (χ2v) is 4.33. The van der Waals surface area contributed by atoms with Crippen LogP contribution in [-0.4, -0.2) is 15.6 Å². The molecule has 0 spiro atoms. The van der Waals surface area contributed by atoms with Crippen LogP contribution in [0.3, 0.4) is 0 Å². The first kappa shape index (κ1) is 12.6. The smallest absolute Gasteiger partial charge is 0.211 e. The predicted octanol–water partition coefficient (Wildman–Crippen LogP) is 3.00. The third kappa shape index (κ3) is 2.21. The molecule has 0 saturated carbocycles. The van der Waals surface area contributed by atoms with Crippen molar-refractivity contribution >= 4 is 5.78 Å². The maximum absolute atomic E-state index is 12.5. The minimum atomic E-state index is 0.0575. The molecule has 0 N–H and O–H groups in total. The highest BCUT2D eigenvalue weighted by molar-refractivity contribution is 6.08. The van der Waals surface area contributed by atoms with Gasteiger partial charge in [0.25, 0.3) is 0 Å². The van der Waals surface area contributed by atoms with Crippen molar-refractivity contribution in [3.05, 3.63) is 52.8 Å². The van der Waals surface area contributed by atoms with E-state index in [-0.39, 0.29) is 5.78 Å². The molecule has 0 fully saturated rings. The Balaban J connectivity index is 2.46. The highest BCUT2D eigenvalue weighted by atomic mass is 16.1. The van der Waals surface area contributed by atoms with E-state index in [1.807, 2.05) is 51.1 Å². The molecule has 0 atom stereocenters. The van der Waals surface area contributed by atoms with Crippen molar-refractivity contribution < 1.29 is 4.79 Å². The van der Waals surface area contributed by atoms with Gasteiger partial charge in [-0.3, -0.25) is 9.48 Å². The van der Waals surface area contributed by atoms with Crippen molar-refractivity contribution in [2.75, 3.05) is 0 Å². The number of aromatic nitrogens is 2. The van der Waals surface area contributed by atoms with Gasteiger partial charge in [0.15, 0.2) is 0 Å². The summed E-state index contributed by atoms with van der Waals surface area (Å²) in [5, 5.41) is 4.42. The van der Waals surface area contributed by atoms with Gasteiger partial charge in [-0.05, 0) is 31.9 Å². The third-order valence-electron chi connectivity index (χ3n) is 3.11. The largest absolute Gasteiger partial charge is 0.287 e. The van der Waals surface area contributed by atoms with Gasteiger partial charge in [0.2, 0.25) is 5.78 Å². The number of nitrogens with zero attached hydrogens (tertiary/aromatic N) is 2. The first-order valence-corrected chi connectivity index (χ1v) is 6.34. The molecule has 1 heterocycles. The molecule has 1 aromatic carbocycles. The number of rotatable bonds is 4. The van der Waals surface area contributed by atoms with Crippen molar-refractivity contribution in [2.24, 2.45) is 0 Å². The van der Waals surface area contributed by atoms with E-state index in [9.17, 15) is 4.79 Å². The quantitative estimate of drug-likeness (QED) is 0.772. The molecular weight excluding hydrogens is 224 g/mol. The Morgan fingerprint density at radius 3 is 2.61 bits per heavy atom. The van der Waals surface area contributed by atoms with Crippen molar-refractivity contribution in [3.63, 3.8) is 0 Å². The van der Waals surface area contributed by atoms with Gasteiger partial charge in [0.1, 0.15) is 5.69 Å². The number of ketones is 1. The second kappa shape index (κ2) is 5.17. The van der Waals surface area contributed by atoms with E-state index in [0.717, 1.165) is 23.2 Å². The molecular formula is C15H18N2O. The molecule has 0 unspecified atom stereocenters. The van der Waals surface area contributed by atoms with Crippen LogP contribution in [0.2, 0.25) is 0 Å². The van der Waals surface area contributed by atoms with Gasteiger partial charge in [-0.1, -0.05) is 31.2 Å². The summed E-state index contributed by atoms with van der Waals surface area (Å²) in [4.78, 5) is 12.5. The van der Waals surface area contributed by atoms with E-state index < -0.39 is 0 Å². The molecule has 0 bridgehead atoms. The summed E-state index contributed by atoms with van der Waals surface area (Å²) >= 11 is 0. The van der Waals surface area contributed by atoms with Gasteiger partial charge in [-0.2, -0.15) is 5.10 Å². The van der Waals surface area contributed by atoms with Gasteiger partial charge in [0.05, 0.1) is 5.69 Å². The molecule has 0 saturated heterocycles. The van der Waals surface area contributed by atoms with Crippen molar-refractivity contribution in [1.29, 1.82) is 0 Å². The van der Waals surface area contributed by atoms with Crippen LogP contribution in [-0.2, 0) is 13.0 Å². The van der Waals surface area contributed by atoms with Crippen LogP contribution in [0.25, 0.3) is 0 Å². The van der Waals surface area contributed by atoms with Crippen LogP contribution < -0.4 is 0 Å². The zero-order valence-corrected chi connectivity index (χ0v) is 11.1. The minimum absolute atomic E-state index is 0.0575. The molecule has 94 valence electrons. The Bertz CT molecular complexity index is 570. The highest BCUT2D eigenvalue weighted by Gasteiger charge is 2.17. The van der Waals surface area contributed by atoms with Gasteiger partial charge >= 0.3 is 0 Å². The summed E-state index contributed by atoms with van der Waals surface area (Å²) < 4.78 is 1.79. The van der Waals surface area contributed by atoms with E-state index >= 15 is 0 Å². The predicted molar refractivity (Wildman–Crippen MR) is 71.9 cm³/mol. The first-order chi connectivity index (χ1) is 8.67. The third-order valence-corrected chi connectivity index (χ3v) is 3.11. The lowest BCUT2D eigenvalue weighted by molar-refractivity contribution is 0.102. The number of carbonyl (C=O) groups excluding carboxylic acids is 1. The maximum atomic E-state index is 12.5. The summed E-state index contributed by atoms with van der Waals surface area (Å²) in [7, 11) is 0. The molecule has 1 aromatic heterocycles. The van der Waals surface area contributed by atoms with Crippen LogP contribution in [0.4, 0.5) is 0 Å². The lowest BCUT2D eigenvalue weighted by atomic mass is 10.0. The average Bonchev–Trinajstić information content (AvgIpc) is 2.82. The normalized spacial score (nSPS) is 10.6. The van der Waals surface area contributed by atoms with E-state index in [0.29, 0.717) is 12.2 Å². The first-order valence-electron chi connectivity index (χ1n) is 6.34. The lowest BCUT2D eigenvalue weighted by Crippen LogP contribution is -2.11. The van der Waals surface area contributed by atoms with E-state index in [2.05, 4.69) is 5.10 Å². The number of benzene rings is 1. The topological polar surface area (TPSA) is 34.9 Å². The van der Waals surface area contributed by atoms with Gasteiger partial charge in [-0.15, -0.1) is 0 Å². The number of hydrogen-bond donors (Lipinski definition) is 0. The minimum Gasteiger partial charge on any atom is -0.287 e. The number of hydrogen-bond acceptors (Lipinski definition) is 2. The Kier molecular flexibility index (Phi) is 3.60. The molecule has 0 aliphatic heterocycles. The van der Waals surface area contributed by atoms with Crippen LogP contribution in [0.5, 0.6) is 0 Å². The molecule has 0 amide bonds. The SMILES string of the molecule is CCc1cc(C(=O)c2ccccc2C)n(CC)n1. The monoisotopic (exact) mass is 242 g/mol. The van der Waals surface area contributed by atoms with E-state index in [1.165, 1.54) is 0 Å². The van der Waals surface area contributed by atoms with E-state index in [1.54, 1.807) is 4.68 Å². The molecule has 2 aromatic rings. The Morgan fingerprint density at radius 2 is 2.00 bits per heavy atom. The Morgan fingerprint density at radius 1 is 1.28 bits per heavy atom. The van der Waals surface area contributed by atoms with Gasteiger partial charge in [-0.25, -0.2) is 0 Å². The summed E-state index contributed by atoms with van der Waals surface area (Å²) in [5.41, 5.74) is 3.41. The maximum Gasteiger partial charge on any atom is 0.211 e. The number of carbonyl (C=O) groups is 1.